The van der Waals surface area contributed by atoms with Gasteiger partial charge >= 0.3 is 0 Å². The molecule has 0 unspecified atom stereocenters. The SMILES string of the molecule is CCNCC(=O)c1c(C)[nH]c2c(OC)cc(C)cc12. The number of aromatic amines is 1. The minimum atomic E-state index is 0.109. The number of carbonyl (C=O) groups is 1. The topological polar surface area (TPSA) is 54.1 Å². The number of hydrogen-bond donors (Lipinski definition) is 2. The first-order chi connectivity index (χ1) is 9.08. The largest absolute Gasteiger partial charge is 0.495 e. The summed E-state index contributed by atoms with van der Waals surface area (Å²) in [6.07, 6.45) is 0. The van der Waals surface area contributed by atoms with Crippen LogP contribution in [0.5, 0.6) is 5.75 Å². The van der Waals surface area contributed by atoms with E-state index in [0.717, 1.165) is 40.0 Å². The predicted molar refractivity (Wildman–Crippen MR) is 77.2 cm³/mol. The molecule has 0 aliphatic carbocycles. The molecule has 0 fully saturated rings. The number of Topliss-reactive ketones (excluding diaryl/α,β-unsaturated/α-hetero) is 1. The van der Waals surface area contributed by atoms with E-state index in [1.54, 1.807) is 7.11 Å². The second kappa shape index (κ2) is 5.45. The molecule has 0 spiro atoms. The van der Waals surface area contributed by atoms with Crippen molar-refractivity contribution in [2.24, 2.45) is 0 Å². The predicted octanol–water partition coefficient (Wildman–Crippen LogP) is 2.59. The Labute approximate surface area is 113 Å². The van der Waals surface area contributed by atoms with Crippen LogP contribution >= 0.6 is 0 Å². The molecule has 4 nitrogen and oxygen atoms in total. The molecule has 102 valence electrons. The van der Waals surface area contributed by atoms with Gasteiger partial charge in [-0.05, 0) is 38.1 Å². The minimum absolute atomic E-state index is 0.109. The first kappa shape index (κ1) is 13.6. The van der Waals surface area contributed by atoms with E-state index in [1.807, 2.05) is 32.9 Å². The molecular formula is C15H20N2O2. The summed E-state index contributed by atoms with van der Waals surface area (Å²) in [4.78, 5) is 15.5. The second-order valence-corrected chi connectivity index (χ2v) is 4.72. The van der Waals surface area contributed by atoms with Crippen molar-refractivity contribution in [2.45, 2.75) is 20.8 Å². The number of fused-ring (bicyclic) bond motifs is 1. The third kappa shape index (κ3) is 2.49. The number of H-pyrrole nitrogens is 1. The first-order valence-corrected chi connectivity index (χ1v) is 6.49. The molecule has 0 atom stereocenters. The van der Waals surface area contributed by atoms with Crippen molar-refractivity contribution in [1.82, 2.24) is 10.3 Å². The van der Waals surface area contributed by atoms with E-state index in [0.29, 0.717) is 6.54 Å². The van der Waals surface area contributed by atoms with Gasteiger partial charge in [0.25, 0.3) is 0 Å². The lowest BCUT2D eigenvalue weighted by atomic mass is 10.0. The highest BCUT2D eigenvalue weighted by Crippen LogP contribution is 2.31. The van der Waals surface area contributed by atoms with Crippen molar-refractivity contribution in [3.63, 3.8) is 0 Å². The minimum Gasteiger partial charge on any atom is -0.495 e. The first-order valence-electron chi connectivity index (χ1n) is 6.49. The van der Waals surface area contributed by atoms with Crippen LogP contribution in [0.3, 0.4) is 0 Å². The monoisotopic (exact) mass is 260 g/mol. The van der Waals surface area contributed by atoms with Gasteiger partial charge in [-0.2, -0.15) is 0 Å². The number of likely N-dealkylation sites (N-methyl/N-ethyl adjacent to an activating group) is 1. The summed E-state index contributed by atoms with van der Waals surface area (Å²) in [6, 6.07) is 4.00. The molecule has 1 heterocycles. The molecule has 0 saturated carbocycles. The molecule has 0 aliphatic heterocycles. The molecule has 0 bridgehead atoms. The number of carbonyl (C=O) groups excluding carboxylic acids is 1. The Morgan fingerprint density at radius 3 is 2.74 bits per heavy atom. The summed E-state index contributed by atoms with van der Waals surface area (Å²) in [6.45, 7) is 7.06. The molecule has 0 saturated heterocycles. The van der Waals surface area contributed by atoms with Gasteiger partial charge in [-0.1, -0.05) is 6.92 Å². The van der Waals surface area contributed by atoms with Crippen molar-refractivity contribution in [3.05, 3.63) is 29.0 Å². The van der Waals surface area contributed by atoms with Crippen LogP contribution in [-0.2, 0) is 0 Å². The molecule has 2 rings (SSSR count). The van der Waals surface area contributed by atoms with Crippen molar-refractivity contribution in [2.75, 3.05) is 20.2 Å². The van der Waals surface area contributed by atoms with Crippen molar-refractivity contribution in [1.29, 1.82) is 0 Å². The fourth-order valence-corrected chi connectivity index (χ4v) is 2.38. The molecule has 19 heavy (non-hydrogen) atoms. The highest BCUT2D eigenvalue weighted by atomic mass is 16.5. The van der Waals surface area contributed by atoms with Gasteiger partial charge in [0.1, 0.15) is 5.75 Å². The number of aromatic nitrogens is 1. The summed E-state index contributed by atoms with van der Waals surface area (Å²) in [5.41, 5.74) is 3.63. The summed E-state index contributed by atoms with van der Waals surface area (Å²) in [5.74, 6) is 0.888. The maximum atomic E-state index is 12.3. The number of ketones is 1. The van der Waals surface area contributed by atoms with Crippen molar-refractivity contribution < 1.29 is 9.53 Å². The standard InChI is InChI=1S/C15H20N2O2/c1-5-16-8-12(18)14-10(3)17-15-11(14)6-9(2)7-13(15)19-4/h6-7,16-17H,5,8H2,1-4H3. The van der Waals surface area contributed by atoms with E-state index in [1.165, 1.54) is 0 Å². The maximum absolute atomic E-state index is 12.3. The van der Waals surface area contributed by atoms with Gasteiger partial charge < -0.3 is 15.0 Å². The molecule has 0 radical (unpaired) electrons. The number of methoxy groups -OCH3 is 1. The van der Waals surface area contributed by atoms with E-state index in [4.69, 9.17) is 4.74 Å². The Bertz CT molecular complexity index is 614. The van der Waals surface area contributed by atoms with Gasteiger partial charge in [0.2, 0.25) is 0 Å². The lowest BCUT2D eigenvalue weighted by Gasteiger charge is -2.05. The Balaban J connectivity index is 2.58. The molecule has 4 heteroatoms. The highest BCUT2D eigenvalue weighted by Gasteiger charge is 2.18. The van der Waals surface area contributed by atoms with Crippen LogP contribution in [0.4, 0.5) is 0 Å². The summed E-state index contributed by atoms with van der Waals surface area (Å²) >= 11 is 0. The van der Waals surface area contributed by atoms with E-state index in [2.05, 4.69) is 10.3 Å². The Morgan fingerprint density at radius 1 is 1.37 bits per heavy atom. The number of nitrogens with one attached hydrogen (secondary N) is 2. The molecule has 1 aromatic heterocycles. The summed E-state index contributed by atoms with van der Waals surface area (Å²) < 4.78 is 5.38. The Kier molecular flexibility index (Phi) is 3.90. The maximum Gasteiger partial charge on any atom is 0.179 e. The van der Waals surface area contributed by atoms with Gasteiger partial charge in [-0.25, -0.2) is 0 Å². The van der Waals surface area contributed by atoms with Gasteiger partial charge in [0.15, 0.2) is 5.78 Å². The fraction of sp³-hybridized carbons (Fsp3) is 0.400. The number of hydrogen-bond acceptors (Lipinski definition) is 3. The number of aryl methyl sites for hydroxylation is 2. The van der Waals surface area contributed by atoms with Gasteiger partial charge in [-0.3, -0.25) is 4.79 Å². The van der Waals surface area contributed by atoms with Gasteiger partial charge in [-0.15, -0.1) is 0 Å². The van der Waals surface area contributed by atoms with Gasteiger partial charge in [0.05, 0.1) is 19.2 Å². The van der Waals surface area contributed by atoms with Crippen molar-refractivity contribution in [3.8, 4) is 5.75 Å². The second-order valence-electron chi connectivity index (χ2n) is 4.72. The third-order valence-corrected chi connectivity index (χ3v) is 3.24. The summed E-state index contributed by atoms with van der Waals surface area (Å²) in [5, 5.41) is 4.02. The Morgan fingerprint density at radius 2 is 2.11 bits per heavy atom. The smallest absolute Gasteiger partial charge is 0.179 e. The number of rotatable bonds is 5. The third-order valence-electron chi connectivity index (χ3n) is 3.24. The molecule has 1 aromatic carbocycles. The lowest BCUT2D eigenvalue weighted by molar-refractivity contribution is 0.0993. The Hall–Kier alpha value is -1.81. The molecule has 2 N–H and O–H groups in total. The average molecular weight is 260 g/mol. The van der Waals surface area contributed by atoms with E-state index < -0.39 is 0 Å². The molecule has 0 aliphatic rings. The number of benzene rings is 1. The zero-order chi connectivity index (χ0) is 14.0. The van der Waals surface area contributed by atoms with Crippen molar-refractivity contribution >= 4 is 16.7 Å². The molecular weight excluding hydrogens is 240 g/mol. The van der Waals surface area contributed by atoms with Crippen LogP contribution in [-0.4, -0.2) is 31.0 Å². The zero-order valence-electron chi connectivity index (χ0n) is 11.9. The van der Waals surface area contributed by atoms with Gasteiger partial charge in [0, 0.05) is 16.6 Å². The number of ether oxygens (including phenoxy) is 1. The normalized spacial score (nSPS) is 10.9. The van der Waals surface area contributed by atoms with E-state index >= 15 is 0 Å². The fourth-order valence-electron chi connectivity index (χ4n) is 2.38. The van der Waals surface area contributed by atoms with Crippen LogP contribution in [0, 0.1) is 13.8 Å². The molecule has 0 amide bonds. The van der Waals surface area contributed by atoms with Crippen LogP contribution in [0.15, 0.2) is 12.1 Å². The van der Waals surface area contributed by atoms with Crippen LogP contribution in [0.2, 0.25) is 0 Å². The average Bonchev–Trinajstić information content (AvgIpc) is 2.71. The van der Waals surface area contributed by atoms with Crippen LogP contribution in [0.1, 0.15) is 28.5 Å². The lowest BCUT2D eigenvalue weighted by Crippen LogP contribution is -2.22. The summed E-state index contributed by atoms with van der Waals surface area (Å²) in [7, 11) is 1.64. The van der Waals surface area contributed by atoms with E-state index in [-0.39, 0.29) is 5.78 Å². The molecule has 2 aromatic rings. The quantitative estimate of drug-likeness (QED) is 0.812. The van der Waals surface area contributed by atoms with Crippen LogP contribution < -0.4 is 10.1 Å². The van der Waals surface area contributed by atoms with E-state index in [9.17, 15) is 4.79 Å². The highest BCUT2D eigenvalue weighted by molar-refractivity contribution is 6.11. The van der Waals surface area contributed by atoms with Crippen LogP contribution in [0.25, 0.3) is 10.9 Å². The zero-order valence-corrected chi connectivity index (χ0v) is 11.9.